The van der Waals surface area contributed by atoms with E-state index in [1.165, 1.54) is 0 Å². The van der Waals surface area contributed by atoms with Crippen molar-refractivity contribution in [3.05, 3.63) is 49.1 Å². The number of amides is 1. The second kappa shape index (κ2) is 5.76. The zero-order valence-electron chi connectivity index (χ0n) is 12.2. The first-order chi connectivity index (χ1) is 10.6. The van der Waals surface area contributed by atoms with Gasteiger partial charge in [-0.3, -0.25) is 14.0 Å². The number of anilines is 1. The molecule has 0 unspecified atom stereocenters. The number of aromatic nitrogens is 6. The normalized spacial score (nSPS) is 12.1. The van der Waals surface area contributed by atoms with Crippen molar-refractivity contribution in [2.45, 2.75) is 19.9 Å². The summed E-state index contributed by atoms with van der Waals surface area (Å²) >= 11 is 0. The van der Waals surface area contributed by atoms with Crippen molar-refractivity contribution in [1.82, 2.24) is 29.3 Å². The number of nitrogens with zero attached hydrogens (tertiary/aromatic N) is 6. The topological polar surface area (TPSA) is 90.5 Å². The SMILES string of the molecule is Cc1nccn1-c1ncc(NC(=O)[C@H](C)n2cccn2)cn1. The molecule has 0 bridgehead atoms. The molecule has 0 spiro atoms. The third kappa shape index (κ3) is 2.71. The fraction of sp³-hybridized carbons (Fsp3) is 0.214. The smallest absolute Gasteiger partial charge is 0.249 e. The molecule has 8 nitrogen and oxygen atoms in total. The first-order valence-electron chi connectivity index (χ1n) is 6.77. The maximum atomic E-state index is 12.1. The van der Waals surface area contributed by atoms with E-state index in [0.29, 0.717) is 11.6 Å². The molecule has 0 saturated carbocycles. The molecule has 0 saturated heterocycles. The Hall–Kier alpha value is -3.03. The van der Waals surface area contributed by atoms with Crippen LogP contribution in [0.15, 0.2) is 43.2 Å². The summed E-state index contributed by atoms with van der Waals surface area (Å²) in [6, 6.07) is 1.36. The lowest BCUT2D eigenvalue weighted by Crippen LogP contribution is -2.24. The molecule has 22 heavy (non-hydrogen) atoms. The summed E-state index contributed by atoms with van der Waals surface area (Å²) in [5, 5.41) is 6.82. The first-order valence-corrected chi connectivity index (χ1v) is 6.77. The van der Waals surface area contributed by atoms with Gasteiger partial charge in [0.2, 0.25) is 11.9 Å². The third-order valence-corrected chi connectivity index (χ3v) is 3.25. The van der Waals surface area contributed by atoms with Gasteiger partial charge in [0.15, 0.2) is 0 Å². The Balaban J connectivity index is 1.71. The Morgan fingerprint density at radius 1 is 1.18 bits per heavy atom. The minimum absolute atomic E-state index is 0.182. The van der Waals surface area contributed by atoms with Gasteiger partial charge in [-0.25, -0.2) is 15.0 Å². The zero-order valence-corrected chi connectivity index (χ0v) is 12.2. The van der Waals surface area contributed by atoms with Gasteiger partial charge in [0.25, 0.3) is 0 Å². The molecule has 112 valence electrons. The molecule has 8 heteroatoms. The van der Waals surface area contributed by atoms with E-state index in [4.69, 9.17) is 0 Å². The molecule has 0 fully saturated rings. The molecule has 0 aliphatic carbocycles. The Bertz CT molecular complexity index is 761. The summed E-state index contributed by atoms with van der Waals surface area (Å²) in [4.78, 5) is 24.7. The molecule has 1 N–H and O–H groups in total. The van der Waals surface area contributed by atoms with Crippen LogP contribution in [0.3, 0.4) is 0 Å². The van der Waals surface area contributed by atoms with Gasteiger partial charge >= 0.3 is 0 Å². The standard InChI is InChI=1S/C14H15N7O/c1-10(21-6-3-4-18-21)13(22)19-12-8-16-14(17-9-12)20-7-5-15-11(20)2/h3-10H,1-2H3,(H,19,22)/t10-/m0/s1. The van der Waals surface area contributed by atoms with Gasteiger partial charge in [-0.1, -0.05) is 0 Å². The van der Waals surface area contributed by atoms with E-state index in [9.17, 15) is 4.79 Å². The van der Waals surface area contributed by atoms with Gasteiger partial charge in [0.1, 0.15) is 11.9 Å². The summed E-state index contributed by atoms with van der Waals surface area (Å²) in [5.41, 5.74) is 0.533. The van der Waals surface area contributed by atoms with Gasteiger partial charge in [-0.2, -0.15) is 5.10 Å². The van der Waals surface area contributed by atoms with E-state index in [1.807, 2.05) is 6.92 Å². The molecule has 0 aliphatic heterocycles. The van der Waals surface area contributed by atoms with E-state index in [1.54, 1.807) is 59.4 Å². The minimum Gasteiger partial charge on any atom is -0.322 e. The second-order valence-electron chi connectivity index (χ2n) is 4.77. The lowest BCUT2D eigenvalue weighted by molar-refractivity contribution is -0.119. The van der Waals surface area contributed by atoms with Crippen molar-refractivity contribution in [3.63, 3.8) is 0 Å². The Kier molecular flexibility index (Phi) is 3.65. The fourth-order valence-corrected chi connectivity index (χ4v) is 1.98. The second-order valence-corrected chi connectivity index (χ2v) is 4.77. The van der Waals surface area contributed by atoms with Crippen molar-refractivity contribution in [2.24, 2.45) is 0 Å². The van der Waals surface area contributed by atoms with Crippen LogP contribution in [0.1, 0.15) is 18.8 Å². The highest BCUT2D eigenvalue weighted by Crippen LogP contribution is 2.11. The van der Waals surface area contributed by atoms with Gasteiger partial charge < -0.3 is 5.32 Å². The van der Waals surface area contributed by atoms with Crippen LogP contribution in [0.2, 0.25) is 0 Å². The molecule has 0 aliphatic rings. The summed E-state index contributed by atoms with van der Waals surface area (Å²) in [6.07, 6.45) is 9.97. The summed E-state index contributed by atoms with van der Waals surface area (Å²) in [7, 11) is 0. The molecular weight excluding hydrogens is 282 g/mol. The average Bonchev–Trinajstić information content (AvgIpc) is 3.19. The fourth-order valence-electron chi connectivity index (χ4n) is 1.98. The molecule has 1 atom stereocenters. The molecule has 0 radical (unpaired) electrons. The van der Waals surface area contributed by atoms with Crippen molar-refractivity contribution in [1.29, 1.82) is 0 Å². The van der Waals surface area contributed by atoms with Crippen molar-refractivity contribution >= 4 is 11.6 Å². The van der Waals surface area contributed by atoms with E-state index in [2.05, 4.69) is 25.4 Å². The molecular formula is C14H15N7O. The summed E-state index contributed by atoms with van der Waals surface area (Å²) in [5.74, 6) is 1.12. The molecule has 0 aromatic carbocycles. The van der Waals surface area contributed by atoms with Gasteiger partial charge in [0, 0.05) is 24.8 Å². The number of aryl methyl sites for hydroxylation is 1. The first kappa shape index (κ1) is 13.9. The van der Waals surface area contributed by atoms with Crippen LogP contribution in [0.4, 0.5) is 5.69 Å². The van der Waals surface area contributed by atoms with E-state index >= 15 is 0 Å². The van der Waals surface area contributed by atoms with Crippen LogP contribution in [0.25, 0.3) is 5.95 Å². The molecule has 3 aromatic heterocycles. The molecule has 3 aromatic rings. The maximum Gasteiger partial charge on any atom is 0.249 e. The lowest BCUT2D eigenvalue weighted by atomic mass is 10.3. The number of rotatable bonds is 4. The number of nitrogens with one attached hydrogen (secondary N) is 1. The van der Waals surface area contributed by atoms with Crippen molar-refractivity contribution < 1.29 is 4.79 Å². The Morgan fingerprint density at radius 3 is 2.55 bits per heavy atom. The van der Waals surface area contributed by atoms with Crippen LogP contribution >= 0.6 is 0 Å². The highest BCUT2D eigenvalue weighted by Gasteiger charge is 2.15. The maximum absolute atomic E-state index is 12.1. The number of imidazole rings is 1. The van der Waals surface area contributed by atoms with Crippen molar-refractivity contribution in [3.8, 4) is 5.95 Å². The predicted octanol–water partition coefficient (Wildman–Crippen LogP) is 1.37. The average molecular weight is 297 g/mol. The van der Waals surface area contributed by atoms with Crippen LogP contribution in [-0.4, -0.2) is 35.2 Å². The quantitative estimate of drug-likeness (QED) is 0.785. The van der Waals surface area contributed by atoms with Crippen LogP contribution < -0.4 is 5.32 Å². The van der Waals surface area contributed by atoms with Gasteiger partial charge in [-0.15, -0.1) is 0 Å². The third-order valence-electron chi connectivity index (χ3n) is 3.25. The Labute approximate surface area is 126 Å². The van der Waals surface area contributed by atoms with Crippen molar-refractivity contribution in [2.75, 3.05) is 5.32 Å². The monoisotopic (exact) mass is 297 g/mol. The largest absolute Gasteiger partial charge is 0.322 e. The highest BCUT2D eigenvalue weighted by molar-refractivity contribution is 5.93. The molecule has 3 rings (SSSR count). The van der Waals surface area contributed by atoms with E-state index < -0.39 is 6.04 Å². The summed E-state index contributed by atoms with van der Waals surface area (Å²) < 4.78 is 3.34. The number of carbonyl (C=O) groups excluding carboxylic acids is 1. The zero-order chi connectivity index (χ0) is 15.5. The minimum atomic E-state index is -0.412. The molecule has 1 amide bonds. The highest BCUT2D eigenvalue weighted by atomic mass is 16.2. The van der Waals surface area contributed by atoms with Crippen LogP contribution in [0, 0.1) is 6.92 Å². The van der Waals surface area contributed by atoms with Crippen LogP contribution in [0.5, 0.6) is 0 Å². The predicted molar refractivity (Wildman–Crippen MR) is 79.5 cm³/mol. The number of carbonyl (C=O) groups is 1. The molecule has 3 heterocycles. The summed E-state index contributed by atoms with van der Waals surface area (Å²) in [6.45, 7) is 3.64. The number of hydrogen-bond acceptors (Lipinski definition) is 5. The van der Waals surface area contributed by atoms with Gasteiger partial charge in [-0.05, 0) is 19.9 Å². The van der Waals surface area contributed by atoms with Crippen LogP contribution in [-0.2, 0) is 4.79 Å². The van der Waals surface area contributed by atoms with Gasteiger partial charge in [0.05, 0.1) is 18.1 Å². The van der Waals surface area contributed by atoms with E-state index in [0.717, 1.165) is 5.82 Å². The number of hydrogen-bond donors (Lipinski definition) is 1. The van der Waals surface area contributed by atoms with E-state index in [-0.39, 0.29) is 5.91 Å². The Morgan fingerprint density at radius 2 is 1.95 bits per heavy atom. The lowest BCUT2D eigenvalue weighted by Gasteiger charge is -2.12.